The third kappa shape index (κ3) is 3.78. The number of aryl methyl sites for hydroxylation is 1. The molecule has 3 aromatic rings. The standard InChI is InChI=1S/C23H25N5O2/c1-14-22(18-6-4-5-7-19(18)27-14)15(2)28(3)21(30)9-8-16-10-17-12-24-20(29)13-26-23(17)25-11-16/h4-11,15,27H,12-13H2,1-3H3,(H,24,29)(H,25,26)/b9-8+. The van der Waals surface area contributed by atoms with Crippen molar-refractivity contribution in [3.8, 4) is 0 Å². The Labute approximate surface area is 175 Å². The van der Waals surface area contributed by atoms with E-state index in [0.29, 0.717) is 12.4 Å². The van der Waals surface area contributed by atoms with Crippen molar-refractivity contribution in [2.75, 3.05) is 18.9 Å². The lowest BCUT2D eigenvalue weighted by atomic mass is 10.0. The van der Waals surface area contributed by atoms with Crippen LogP contribution in [0, 0.1) is 6.92 Å². The molecule has 3 N–H and O–H groups in total. The lowest BCUT2D eigenvalue weighted by molar-refractivity contribution is -0.126. The van der Waals surface area contributed by atoms with Gasteiger partial charge < -0.3 is 20.5 Å². The summed E-state index contributed by atoms with van der Waals surface area (Å²) in [7, 11) is 1.81. The van der Waals surface area contributed by atoms with Gasteiger partial charge in [-0.25, -0.2) is 4.98 Å². The van der Waals surface area contributed by atoms with E-state index in [9.17, 15) is 9.59 Å². The highest BCUT2D eigenvalue weighted by Gasteiger charge is 2.21. The van der Waals surface area contributed by atoms with E-state index in [1.165, 1.54) is 0 Å². The van der Waals surface area contributed by atoms with E-state index in [1.807, 2.05) is 45.2 Å². The second-order valence-corrected chi connectivity index (χ2v) is 7.57. The maximum absolute atomic E-state index is 12.8. The minimum Gasteiger partial charge on any atom is -0.361 e. The van der Waals surface area contributed by atoms with Gasteiger partial charge in [-0.3, -0.25) is 9.59 Å². The van der Waals surface area contributed by atoms with E-state index in [-0.39, 0.29) is 24.4 Å². The Balaban J connectivity index is 1.51. The van der Waals surface area contributed by atoms with Crippen molar-refractivity contribution in [1.82, 2.24) is 20.2 Å². The first-order valence-electron chi connectivity index (χ1n) is 9.95. The summed E-state index contributed by atoms with van der Waals surface area (Å²) in [6.45, 7) is 4.70. The fraction of sp³-hybridized carbons (Fsp3) is 0.261. The summed E-state index contributed by atoms with van der Waals surface area (Å²) in [4.78, 5) is 33.9. The van der Waals surface area contributed by atoms with Gasteiger partial charge in [-0.15, -0.1) is 0 Å². The molecule has 1 aliphatic heterocycles. The van der Waals surface area contributed by atoms with Gasteiger partial charge in [-0.1, -0.05) is 18.2 Å². The van der Waals surface area contributed by atoms with E-state index >= 15 is 0 Å². The van der Waals surface area contributed by atoms with E-state index in [4.69, 9.17) is 0 Å². The number of aromatic nitrogens is 2. The molecule has 3 heterocycles. The van der Waals surface area contributed by atoms with Crippen molar-refractivity contribution >= 4 is 34.6 Å². The van der Waals surface area contributed by atoms with Crippen LogP contribution in [-0.2, 0) is 16.1 Å². The molecule has 0 fully saturated rings. The summed E-state index contributed by atoms with van der Waals surface area (Å²) in [5, 5.41) is 6.96. The molecule has 0 radical (unpaired) electrons. The molecular weight excluding hydrogens is 378 g/mol. The molecule has 30 heavy (non-hydrogen) atoms. The van der Waals surface area contributed by atoms with E-state index in [0.717, 1.165) is 33.3 Å². The maximum atomic E-state index is 12.8. The molecule has 4 rings (SSSR count). The number of anilines is 1. The highest BCUT2D eigenvalue weighted by molar-refractivity contribution is 5.93. The smallest absolute Gasteiger partial charge is 0.246 e. The Kier molecular flexibility index (Phi) is 5.27. The second kappa shape index (κ2) is 8.02. The monoisotopic (exact) mass is 403 g/mol. The Hall–Kier alpha value is -3.61. The number of aromatic amines is 1. The van der Waals surface area contributed by atoms with Crippen molar-refractivity contribution in [2.24, 2.45) is 0 Å². The Morgan fingerprint density at radius 2 is 2.03 bits per heavy atom. The van der Waals surface area contributed by atoms with Gasteiger partial charge in [0.15, 0.2) is 0 Å². The molecule has 0 spiro atoms. The maximum Gasteiger partial charge on any atom is 0.246 e. The molecule has 1 atom stereocenters. The number of nitrogens with one attached hydrogen (secondary N) is 3. The first kappa shape index (κ1) is 19.7. The number of hydrogen-bond donors (Lipinski definition) is 3. The van der Waals surface area contributed by atoms with E-state index < -0.39 is 0 Å². The van der Waals surface area contributed by atoms with Gasteiger partial charge in [0.2, 0.25) is 11.8 Å². The zero-order valence-corrected chi connectivity index (χ0v) is 17.3. The lowest BCUT2D eigenvalue weighted by Crippen LogP contribution is -2.28. The van der Waals surface area contributed by atoms with Gasteiger partial charge >= 0.3 is 0 Å². The molecule has 0 saturated carbocycles. The van der Waals surface area contributed by atoms with Gasteiger partial charge in [-0.05, 0) is 37.6 Å². The predicted octanol–water partition coefficient (Wildman–Crippen LogP) is 3.15. The van der Waals surface area contributed by atoms with Crippen molar-refractivity contribution < 1.29 is 9.59 Å². The summed E-state index contributed by atoms with van der Waals surface area (Å²) >= 11 is 0. The average molecular weight is 403 g/mol. The second-order valence-electron chi connectivity index (χ2n) is 7.57. The van der Waals surface area contributed by atoms with Crippen LogP contribution in [0.4, 0.5) is 5.82 Å². The minimum atomic E-state index is -0.0893. The van der Waals surface area contributed by atoms with Gasteiger partial charge in [0.05, 0.1) is 12.6 Å². The van der Waals surface area contributed by atoms with Gasteiger partial charge in [0.25, 0.3) is 0 Å². The van der Waals surface area contributed by atoms with Crippen molar-refractivity contribution in [1.29, 1.82) is 0 Å². The average Bonchev–Trinajstić information content (AvgIpc) is 2.97. The van der Waals surface area contributed by atoms with Gasteiger partial charge in [0, 0.05) is 53.6 Å². The van der Waals surface area contributed by atoms with Crippen molar-refractivity contribution in [2.45, 2.75) is 26.4 Å². The van der Waals surface area contributed by atoms with Crippen LogP contribution in [0.3, 0.4) is 0 Å². The summed E-state index contributed by atoms with van der Waals surface area (Å²) in [6.07, 6.45) is 5.01. The fourth-order valence-corrected chi connectivity index (χ4v) is 3.84. The number of benzene rings is 1. The van der Waals surface area contributed by atoms with Gasteiger partial charge in [-0.2, -0.15) is 0 Å². The number of hydrogen-bond acceptors (Lipinski definition) is 4. The number of para-hydroxylation sites is 1. The summed E-state index contributed by atoms with van der Waals surface area (Å²) < 4.78 is 0. The molecule has 2 aromatic heterocycles. The number of pyridine rings is 1. The zero-order chi connectivity index (χ0) is 21.3. The highest BCUT2D eigenvalue weighted by Crippen LogP contribution is 2.30. The minimum absolute atomic E-state index is 0.0662. The normalized spacial score (nSPS) is 14.7. The van der Waals surface area contributed by atoms with Gasteiger partial charge in [0.1, 0.15) is 5.82 Å². The summed E-state index contributed by atoms with van der Waals surface area (Å²) in [5.74, 6) is 0.536. The lowest BCUT2D eigenvalue weighted by Gasteiger charge is -2.24. The first-order valence-corrected chi connectivity index (χ1v) is 9.95. The van der Waals surface area contributed by atoms with Crippen LogP contribution in [0.5, 0.6) is 0 Å². The quantitative estimate of drug-likeness (QED) is 0.584. The Bertz CT molecular complexity index is 1150. The molecule has 2 amide bonds. The molecular formula is C23H25N5O2. The van der Waals surface area contributed by atoms with Crippen LogP contribution in [0.1, 0.15) is 35.3 Å². The topological polar surface area (TPSA) is 90.1 Å². The third-order valence-electron chi connectivity index (χ3n) is 5.59. The molecule has 154 valence electrons. The highest BCUT2D eigenvalue weighted by atomic mass is 16.2. The number of fused-ring (bicyclic) bond motifs is 2. The van der Waals surface area contributed by atoms with Crippen molar-refractivity contribution in [3.63, 3.8) is 0 Å². The number of likely N-dealkylation sites (N-methyl/N-ethyl adjacent to an activating group) is 1. The Morgan fingerprint density at radius 3 is 2.87 bits per heavy atom. The van der Waals surface area contributed by atoms with Crippen LogP contribution >= 0.6 is 0 Å². The number of carbonyl (C=O) groups excluding carboxylic acids is 2. The molecule has 7 heteroatoms. The molecule has 7 nitrogen and oxygen atoms in total. The predicted molar refractivity (Wildman–Crippen MR) is 118 cm³/mol. The van der Waals surface area contributed by atoms with Crippen LogP contribution in [0.25, 0.3) is 17.0 Å². The largest absolute Gasteiger partial charge is 0.361 e. The zero-order valence-electron chi connectivity index (χ0n) is 17.3. The van der Waals surface area contributed by atoms with Crippen LogP contribution < -0.4 is 10.6 Å². The molecule has 1 aromatic carbocycles. The number of amides is 2. The molecule has 0 bridgehead atoms. The third-order valence-corrected chi connectivity index (χ3v) is 5.59. The molecule has 1 unspecified atom stereocenters. The fourth-order valence-electron chi connectivity index (χ4n) is 3.84. The molecule has 0 saturated heterocycles. The number of rotatable bonds is 4. The summed E-state index contributed by atoms with van der Waals surface area (Å²) in [6, 6.07) is 9.98. The number of H-pyrrole nitrogens is 1. The SMILES string of the molecule is Cc1[nH]c2ccccc2c1C(C)N(C)C(=O)/C=C/c1cnc2c(c1)CNC(=O)CN2. The van der Waals surface area contributed by atoms with Crippen LogP contribution in [-0.4, -0.2) is 40.3 Å². The number of carbonyl (C=O) groups is 2. The molecule has 0 aliphatic carbocycles. The van der Waals surface area contributed by atoms with E-state index in [2.05, 4.69) is 26.7 Å². The van der Waals surface area contributed by atoms with Crippen LogP contribution in [0.2, 0.25) is 0 Å². The van der Waals surface area contributed by atoms with Crippen LogP contribution in [0.15, 0.2) is 42.6 Å². The summed E-state index contributed by atoms with van der Waals surface area (Å²) in [5.41, 5.74) is 4.97. The van der Waals surface area contributed by atoms with E-state index in [1.54, 1.807) is 23.2 Å². The Morgan fingerprint density at radius 1 is 1.23 bits per heavy atom. The first-order chi connectivity index (χ1) is 14.4. The van der Waals surface area contributed by atoms with Crippen molar-refractivity contribution in [3.05, 3.63) is 65.0 Å². The molecule has 1 aliphatic rings. The number of nitrogens with zero attached hydrogens (tertiary/aromatic N) is 2.